The van der Waals surface area contributed by atoms with E-state index in [4.69, 9.17) is 14.5 Å². The fourth-order valence-corrected chi connectivity index (χ4v) is 4.86. The molecular formula is C22H26N5O6P. The number of fused-ring (bicyclic) bond motifs is 1. The van der Waals surface area contributed by atoms with E-state index in [0.717, 1.165) is 4.68 Å². The Bertz CT molecular complexity index is 1280. The Kier molecular flexibility index (Phi) is 7.06. The number of anilines is 1. The Morgan fingerprint density at radius 1 is 1.26 bits per heavy atom. The van der Waals surface area contributed by atoms with Gasteiger partial charge in [0.05, 0.1) is 31.3 Å². The number of hydrogen-bond donors (Lipinski definition) is 2. The van der Waals surface area contributed by atoms with Gasteiger partial charge >= 0.3 is 7.60 Å². The first-order valence-electron chi connectivity index (χ1n) is 10.9. The fourth-order valence-electron chi connectivity index (χ4n) is 4.15. The summed E-state index contributed by atoms with van der Waals surface area (Å²) in [6.07, 6.45) is 4.69. The van der Waals surface area contributed by atoms with E-state index in [2.05, 4.69) is 15.1 Å². The summed E-state index contributed by atoms with van der Waals surface area (Å²) < 4.78 is 17.4. The van der Waals surface area contributed by atoms with Crippen molar-refractivity contribution in [3.8, 4) is 5.88 Å². The van der Waals surface area contributed by atoms with Crippen molar-refractivity contribution in [1.82, 2.24) is 19.7 Å². The van der Waals surface area contributed by atoms with Crippen LogP contribution in [-0.4, -0.2) is 61.8 Å². The van der Waals surface area contributed by atoms with Gasteiger partial charge in [-0.05, 0) is 37.3 Å². The standard InChI is InChI=1S/C22H26N5O6P/c1-33-18-12-16-14-24-27(19(28)13-17-4-2-3-8-23-17)22(29)20(16)21(25-18)26-9-5-15(6-10-26)7-11-34(30,31)32/h2-4,8,12,14-15H,5-7,9-11,13H2,1H3,(H2,30,31,32). The highest BCUT2D eigenvalue weighted by atomic mass is 31.2. The third-order valence-electron chi connectivity index (χ3n) is 5.97. The Hall–Kier alpha value is -3.14. The van der Waals surface area contributed by atoms with Crippen LogP contribution in [-0.2, 0) is 11.0 Å². The number of ether oxygens (including phenoxy) is 1. The van der Waals surface area contributed by atoms with Gasteiger partial charge in [-0.1, -0.05) is 6.07 Å². The van der Waals surface area contributed by atoms with Crippen LogP contribution in [0, 0.1) is 5.92 Å². The smallest absolute Gasteiger partial charge is 0.325 e. The van der Waals surface area contributed by atoms with Crippen LogP contribution < -0.4 is 15.2 Å². The second-order valence-corrected chi connectivity index (χ2v) is 10.1. The Labute approximate surface area is 195 Å². The molecular weight excluding hydrogens is 461 g/mol. The SMILES string of the molecule is COc1cc2cnn(C(=O)Cc3ccccn3)c(=O)c2c(N2CCC(CCP(=O)(O)O)CC2)n1. The molecule has 4 heterocycles. The molecule has 4 rings (SSSR count). The van der Waals surface area contributed by atoms with E-state index >= 15 is 0 Å². The van der Waals surface area contributed by atoms with Gasteiger partial charge < -0.3 is 19.4 Å². The van der Waals surface area contributed by atoms with Crippen LogP contribution in [0.15, 0.2) is 41.5 Å². The molecule has 0 spiro atoms. The van der Waals surface area contributed by atoms with Crippen molar-refractivity contribution in [2.75, 3.05) is 31.3 Å². The quantitative estimate of drug-likeness (QED) is 0.473. The van der Waals surface area contributed by atoms with Gasteiger partial charge in [0.1, 0.15) is 5.82 Å². The molecule has 0 amide bonds. The van der Waals surface area contributed by atoms with Gasteiger partial charge in [0, 0.05) is 36.4 Å². The van der Waals surface area contributed by atoms with E-state index in [-0.39, 0.29) is 23.9 Å². The lowest BCUT2D eigenvalue weighted by molar-refractivity contribution is 0.0891. The summed E-state index contributed by atoms with van der Waals surface area (Å²) in [5.41, 5.74) is -0.0287. The van der Waals surface area contributed by atoms with E-state index < -0.39 is 19.1 Å². The number of pyridine rings is 2. The van der Waals surface area contributed by atoms with Crippen molar-refractivity contribution in [3.63, 3.8) is 0 Å². The van der Waals surface area contributed by atoms with Crippen LogP contribution >= 0.6 is 7.60 Å². The number of carbonyl (C=O) groups is 1. The Balaban J connectivity index is 1.63. The highest BCUT2D eigenvalue weighted by Crippen LogP contribution is 2.38. The van der Waals surface area contributed by atoms with Crippen LogP contribution in [0.5, 0.6) is 5.88 Å². The number of nitrogens with zero attached hydrogens (tertiary/aromatic N) is 5. The van der Waals surface area contributed by atoms with Gasteiger partial charge in [-0.3, -0.25) is 19.1 Å². The van der Waals surface area contributed by atoms with Crippen LogP contribution in [0.3, 0.4) is 0 Å². The number of methoxy groups -OCH3 is 1. The molecule has 0 aromatic carbocycles. The molecule has 1 aliphatic rings. The predicted molar refractivity (Wildman–Crippen MR) is 125 cm³/mol. The lowest BCUT2D eigenvalue weighted by atomic mass is 9.94. The molecule has 0 bridgehead atoms. The topological polar surface area (TPSA) is 148 Å². The number of piperidine rings is 1. The molecule has 0 atom stereocenters. The van der Waals surface area contributed by atoms with Gasteiger partial charge in [-0.25, -0.2) is 0 Å². The first-order valence-corrected chi connectivity index (χ1v) is 12.7. The molecule has 1 saturated heterocycles. The molecule has 1 fully saturated rings. The molecule has 0 radical (unpaired) electrons. The summed E-state index contributed by atoms with van der Waals surface area (Å²) in [6.45, 7) is 1.12. The summed E-state index contributed by atoms with van der Waals surface area (Å²) in [5, 5.41) is 4.86. The lowest BCUT2D eigenvalue weighted by Crippen LogP contribution is -2.37. The van der Waals surface area contributed by atoms with E-state index in [0.29, 0.717) is 55.1 Å². The lowest BCUT2D eigenvalue weighted by Gasteiger charge is -2.33. The third kappa shape index (κ3) is 5.49. The Morgan fingerprint density at radius 3 is 2.68 bits per heavy atom. The van der Waals surface area contributed by atoms with Crippen LogP contribution in [0.25, 0.3) is 10.8 Å². The van der Waals surface area contributed by atoms with Gasteiger partial charge in [0.25, 0.3) is 11.5 Å². The van der Waals surface area contributed by atoms with Crippen molar-refractivity contribution < 1.29 is 23.9 Å². The molecule has 12 heteroatoms. The van der Waals surface area contributed by atoms with Crippen molar-refractivity contribution in [2.24, 2.45) is 5.92 Å². The molecule has 180 valence electrons. The van der Waals surface area contributed by atoms with Gasteiger partial charge in [0.2, 0.25) is 5.88 Å². The largest absolute Gasteiger partial charge is 0.481 e. The average molecular weight is 487 g/mol. The maximum atomic E-state index is 13.4. The van der Waals surface area contributed by atoms with E-state index in [1.165, 1.54) is 13.3 Å². The average Bonchev–Trinajstić information content (AvgIpc) is 2.82. The fraction of sp³-hybridized carbons (Fsp3) is 0.409. The molecule has 3 aromatic rings. The number of carbonyl (C=O) groups excluding carboxylic acids is 1. The number of hydrogen-bond acceptors (Lipinski definition) is 8. The second-order valence-electron chi connectivity index (χ2n) is 8.31. The zero-order valence-corrected chi connectivity index (χ0v) is 19.6. The predicted octanol–water partition coefficient (Wildman–Crippen LogP) is 1.86. The minimum atomic E-state index is -4.03. The van der Waals surface area contributed by atoms with E-state index in [9.17, 15) is 14.2 Å². The summed E-state index contributed by atoms with van der Waals surface area (Å²) in [5.74, 6) is 0.419. The molecule has 34 heavy (non-hydrogen) atoms. The van der Waals surface area contributed by atoms with Crippen LogP contribution in [0.4, 0.5) is 5.82 Å². The molecule has 2 N–H and O–H groups in total. The van der Waals surface area contributed by atoms with Crippen molar-refractivity contribution >= 4 is 30.1 Å². The second kappa shape index (κ2) is 10.0. The number of rotatable bonds is 7. The molecule has 0 aliphatic carbocycles. The summed E-state index contributed by atoms with van der Waals surface area (Å²) in [7, 11) is -2.54. The normalized spacial score (nSPS) is 15.0. The highest BCUT2D eigenvalue weighted by Gasteiger charge is 2.26. The first-order chi connectivity index (χ1) is 16.2. The molecule has 3 aromatic heterocycles. The molecule has 11 nitrogen and oxygen atoms in total. The Morgan fingerprint density at radius 2 is 2.03 bits per heavy atom. The minimum absolute atomic E-state index is 0.0663. The summed E-state index contributed by atoms with van der Waals surface area (Å²) in [4.78, 5) is 55.1. The van der Waals surface area contributed by atoms with Crippen LogP contribution in [0.2, 0.25) is 0 Å². The van der Waals surface area contributed by atoms with Crippen molar-refractivity contribution in [3.05, 3.63) is 52.7 Å². The summed E-state index contributed by atoms with van der Waals surface area (Å²) >= 11 is 0. The van der Waals surface area contributed by atoms with E-state index in [1.54, 1.807) is 30.5 Å². The number of aromatic nitrogens is 4. The van der Waals surface area contributed by atoms with E-state index in [1.807, 2.05) is 4.90 Å². The van der Waals surface area contributed by atoms with Crippen LogP contribution in [0.1, 0.15) is 29.8 Å². The summed E-state index contributed by atoms with van der Waals surface area (Å²) in [6, 6.07) is 6.82. The monoisotopic (exact) mass is 487 g/mol. The highest BCUT2D eigenvalue weighted by molar-refractivity contribution is 7.51. The zero-order valence-electron chi connectivity index (χ0n) is 18.7. The maximum absolute atomic E-state index is 13.4. The zero-order chi connectivity index (χ0) is 24.3. The molecule has 1 aliphatic heterocycles. The molecule has 0 unspecified atom stereocenters. The van der Waals surface area contributed by atoms with Gasteiger partial charge in [-0.15, -0.1) is 0 Å². The van der Waals surface area contributed by atoms with Gasteiger partial charge in [-0.2, -0.15) is 14.8 Å². The third-order valence-corrected chi connectivity index (χ3v) is 6.81. The van der Waals surface area contributed by atoms with Gasteiger partial charge in [0.15, 0.2) is 0 Å². The molecule has 0 saturated carbocycles. The van der Waals surface area contributed by atoms with Crippen molar-refractivity contribution in [2.45, 2.75) is 25.7 Å². The first kappa shape index (κ1) is 24.0. The maximum Gasteiger partial charge on any atom is 0.325 e. The van der Waals surface area contributed by atoms with Crippen molar-refractivity contribution in [1.29, 1.82) is 0 Å². The minimum Gasteiger partial charge on any atom is -0.481 e.